The molecule has 20 heavy (non-hydrogen) atoms. The molecule has 1 saturated carbocycles. The van der Waals surface area contributed by atoms with Gasteiger partial charge < -0.3 is 15.7 Å². The summed E-state index contributed by atoms with van der Waals surface area (Å²) in [5, 5.41) is 14.5. The number of rotatable bonds is 5. The number of nitrogens with zero attached hydrogens (tertiary/aromatic N) is 2. The van der Waals surface area contributed by atoms with Crippen LogP contribution in [0.25, 0.3) is 0 Å². The maximum atomic E-state index is 12.0. The van der Waals surface area contributed by atoms with Gasteiger partial charge in [0.05, 0.1) is 12.8 Å². The van der Waals surface area contributed by atoms with E-state index in [1.807, 2.05) is 0 Å². The van der Waals surface area contributed by atoms with Gasteiger partial charge in [-0.15, -0.1) is 0 Å². The monoisotopic (exact) mass is 278 g/mol. The van der Waals surface area contributed by atoms with Crippen LogP contribution in [0.3, 0.4) is 0 Å². The average Bonchev–Trinajstić information content (AvgIpc) is 2.98. The molecule has 1 fully saturated rings. The van der Waals surface area contributed by atoms with Gasteiger partial charge >= 0.3 is 0 Å². The first-order chi connectivity index (χ1) is 9.70. The van der Waals surface area contributed by atoms with Crippen LogP contribution in [0.15, 0.2) is 18.6 Å². The van der Waals surface area contributed by atoms with Gasteiger partial charge in [0.2, 0.25) is 5.91 Å². The Morgan fingerprint density at radius 3 is 2.70 bits per heavy atom. The van der Waals surface area contributed by atoms with Gasteiger partial charge in [-0.25, -0.2) is 4.98 Å². The van der Waals surface area contributed by atoms with E-state index in [0.29, 0.717) is 0 Å². The number of nitrogens with one attached hydrogen (secondary N) is 2. The number of aromatic nitrogens is 2. The third-order valence-electron chi connectivity index (χ3n) is 3.30. The van der Waals surface area contributed by atoms with E-state index in [9.17, 15) is 14.7 Å². The zero-order chi connectivity index (χ0) is 14.4. The van der Waals surface area contributed by atoms with E-state index >= 15 is 0 Å². The van der Waals surface area contributed by atoms with Gasteiger partial charge in [0.25, 0.3) is 5.91 Å². The minimum atomic E-state index is -0.967. The third kappa shape index (κ3) is 3.74. The standard InChI is InChI=1S/C13H18N4O3/c18-8-11(13(20)16-9-3-1-2-4-9)17-12(19)10-7-14-5-6-15-10/h5-7,9,11,18H,1-4,8H2,(H,16,20)(H,17,19). The van der Waals surface area contributed by atoms with Crippen molar-refractivity contribution in [3.63, 3.8) is 0 Å². The molecule has 2 rings (SSSR count). The SMILES string of the molecule is O=C(NC(CO)C(=O)NC1CCCC1)c1cnccn1. The highest BCUT2D eigenvalue weighted by molar-refractivity contribution is 5.95. The molecule has 1 aliphatic carbocycles. The molecule has 108 valence electrons. The summed E-state index contributed by atoms with van der Waals surface area (Å²) in [4.78, 5) is 31.4. The van der Waals surface area contributed by atoms with Crippen molar-refractivity contribution in [2.24, 2.45) is 0 Å². The lowest BCUT2D eigenvalue weighted by atomic mass is 10.2. The summed E-state index contributed by atoms with van der Waals surface area (Å²) < 4.78 is 0. The molecule has 0 aliphatic heterocycles. The summed E-state index contributed by atoms with van der Waals surface area (Å²) in [5.41, 5.74) is 0.111. The Morgan fingerprint density at radius 1 is 1.35 bits per heavy atom. The van der Waals surface area contributed by atoms with E-state index in [1.165, 1.54) is 18.6 Å². The number of aliphatic hydroxyl groups is 1. The summed E-state index contributed by atoms with van der Waals surface area (Å²) in [6.45, 7) is -0.454. The van der Waals surface area contributed by atoms with Crippen molar-refractivity contribution in [1.29, 1.82) is 0 Å². The number of carbonyl (C=O) groups excluding carboxylic acids is 2. The maximum Gasteiger partial charge on any atom is 0.272 e. The molecule has 0 spiro atoms. The quantitative estimate of drug-likeness (QED) is 0.681. The number of amides is 2. The molecule has 1 aromatic heterocycles. The lowest BCUT2D eigenvalue weighted by molar-refractivity contribution is -0.124. The van der Waals surface area contributed by atoms with Gasteiger partial charge in [-0.1, -0.05) is 12.8 Å². The molecule has 7 heteroatoms. The van der Waals surface area contributed by atoms with Gasteiger partial charge in [0.15, 0.2) is 0 Å². The van der Waals surface area contributed by atoms with Crippen LogP contribution in [0.1, 0.15) is 36.2 Å². The predicted octanol–water partition coefficient (Wildman–Crippen LogP) is -0.374. The highest BCUT2D eigenvalue weighted by Gasteiger charge is 2.24. The van der Waals surface area contributed by atoms with Crippen molar-refractivity contribution in [3.8, 4) is 0 Å². The number of hydrogen-bond donors (Lipinski definition) is 3. The van der Waals surface area contributed by atoms with Gasteiger partial charge in [0.1, 0.15) is 11.7 Å². The summed E-state index contributed by atoms with van der Waals surface area (Å²) >= 11 is 0. The van der Waals surface area contributed by atoms with Crippen LogP contribution in [0, 0.1) is 0 Å². The minimum Gasteiger partial charge on any atom is -0.394 e. The predicted molar refractivity (Wildman–Crippen MR) is 70.8 cm³/mol. The first-order valence-corrected chi connectivity index (χ1v) is 6.69. The van der Waals surface area contributed by atoms with Crippen molar-refractivity contribution in [2.75, 3.05) is 6.61 Å². The Kier molecular flexibility index (Phi) is 5.00. The van der Waals surface area contributed by atoms with Crippen LogP contribution in [-0.4, -0.2) is 45.6 Å². The van der Waals surface area contributed by atoms with Crippen LogP contribution in [-0.2, 0) is 4.79 Å². The first kappa shape index (κ1) is 14.4. The molecule has 1 aromatic rings. The molecule has 0 radical (unpaired) electrons. The molecule has 1 aliphatic rings. The summed E-state index contributed by atoms with van der Waals surface area (Å²) in [5.74, 6) is -0.893. The highest BCUT2D eigenvalue weighted by atomic mass is 16.3. The molecule has 3 N–H and O–H groups in total. The summed E-state index contributed by atoms with van der Waals surface area (Å²) in [7, 11) is 0. The fraction of sp³-hybridized carbons (Fsp3) is 0.538. The fourth-order valence-electron chi connectivity index (χ4n) is 2.21. The van der Waals surface area contributed by atoms with E-state index in [2.05, 4.69) is 20.6 Å². The molecule has 1 unspecified atom stereocenters. The zero-order valence-corrected chi connectivity index (χ0v) is 11.1. The lowest BCUT2D eigenvalue weighted by Crippen LogP contribution is -2.51. The maximum absolute atomic E-state index is 12.0. The fourth-order valence-corrected chi connectivity index (χ4v) is 2.21. The molecule has 2 amide bonds. The largest absolute Gasteiger partial charge is 0.394 e. The zero-order valence-electron chi connectivity index (χ0n) is 11.1. The second kappa shape index (κ2) is 6.95. The number of hydrogen-bond acceptors (Lipinski definition) is 5. The smallest absolute Gasteiger partial charge is 0.272 e. The van der Waals surface area contributed by atoms with E-state index in [1.54, 1.807) is 0 Å². The van der Waals surface area contributed by atoms with Crippen LogP contribution in [0.2, 0.25) is 0 Å². The molecule has 0 aromatic carbocycles. The Hall–Kier alpha value is -2.02. The van der Waals surface area contributed by atoms with E-state index in [0.717, 1.165) is 25.7 Å². The van der Waals surface area contributed by atoms with Crippen LogP contribution in [0.5, 0.6) is 0 Å². The third-order valence-corrected chi connectivity index (χ3v) is 3.30. The van der Waals surface area contributed by atoms with Crippen LogP contribution < -0.4 is 10.6 Å². The van der Waals surface area contributed by atoms with E-state index in [4.69, 9.17) is 0 Å². The van der Waals surface area contributed by atoms with Crippen molar-refractivity contribution >= 4 is 11.8 Å². The Morgan fingerprint density at radius 2 is 2.10 bits per heavy atom. The highest BCUT2D eigenvalue weighted by Crippen LogP contribution is 2.17. The molecule has 7 nitrogen and oxygen atoms in total. The topological polar surface area (TPSA) is 104 Å². The number of aliphatic hydroxyl groups excluding tert-OH is 1. The lowest BCUT2D eigenvalue weighted by Gasteiger charge is -2.19. The molecule has 0 bridgehead atoms. The van der Waals surface area contributed by atoms with Gasteiger partial charge in [-0.3, -0.25) is 14.6 Å². The van der Waals surface area contributed by atoms with Crippen molar-refractivity contribution < 1.29 is 14.7 Å². The van der Waals surface area contributed by atoms with Crippen LogP contribution in [0.4, 0.5) is 0 Å². The Balaban J connectivity index is 1.91. The molecule has 1 atom stereocenters. The van der Waals surface area contributed by atoms with Crippen molar-refractivity contribution in [3.05, 3.63) is 24.3 Å². The van der Waals surface area contributed by atoms with Gasteiger partial charge in [-0.05, 0) is 12.8 Å². The van der Waals surface area contributed by atoms with Gasteiger partial charge in [-0.2, -0.15) is 0 Å². The van der Waals surface area contributed by atoms with Crippen LogP contribution >= 0.6 is 0 Å². The average molecular weight is 278 g/mol. The van der Waals surface area contributed by atoms with Gasteiger partial charge in [0, 0.05) is 18.4 Å². The summed E-state index contributed by atoms with van der Waals surface area (Å²) in [6.07, 6.45) is 8.23. The molecular weight excluding hydrogens is 260 g/mol. The molecular formula is C13H18N4O3. The second-order valence-electron chi connectivity index (χ2n) is 4.79. The van der Waals surface area contributed by atoms with Crippen molar-refractivity contribution in [2.45, 2.75) is 37.8 Å². The molecule has 1 heterocycles. The first-order valence-electron chi connectivity index (χ1n) is 6.69. The molecule has 0 saturated heterocycles. The van der Waals surface area contributed by atoms with E-state index in [-0.39, 0.29) is 17.6 Å². The Bertz CT molecular complexity index is 460. The number of carbonyl (C=O) groups is 2. The second-order valence-corrected chi connectivity index (χ2v) is 4.79. The minimum absolute atomic E-state index is 0.111. The van der Waals surface area contributed by atoms with E-state index < -0.39 is 18.6 Å². The Labute approximate surface area is 116 Å². The van der Waals surface area contributed by atoms with Crippen molar-refractivity contribution in [1.82, 2.24) is 20.6 Å². The summed E-state index contributed by atoms with van der Waals surface area (Å²) in [6, 6.07) is -0.824. The normalized spacial score (nSPS) is 16.6.